The molecule has 9 heteroatoms. The van der Waals surface area contributed by atoms with Crippen molar-refractivity contribution in [2.45, 2.75) is 45.5 Å². The van der Waals surface area contributed by atoms with Crippen LogP contribution in [0.2, 0.25) is 5.02 Å². The number of phenols is 1. The molecule has 3 rings (SSSR count). The van der Waals surface area contributed by atoms with Gasteiger partial charge in [-0.15, -0.1) is 0 Å². The number of aromatic hydroxyl groups is 1. The zero-order chi connectivity index (χ0) is 23.5. The summed E-state index contributed by atoms with van der Waals surface area (Å²) < 4.78 is 31.4. The molecule has 1 aliphatic rings. The van der Waals surface area contributed by atoms with Gasteiger partial charge in [-0.2, -0.15) is 0 Å². The van der Waals surface area contributed by atoms with E-state index in [1.54, 1.807) is 0 Å². The van der Waals surface area contributed by atoms with Gasteiger partial charge in [0.25, 0.3) is 0 Å². The Morgan fingerprint density at radius 3 is 2.44 bits per heavy atom. The molecule has 2 aromatic carbocycles. The van der Waals surface area contributed by atoms with Crippen LogP contribution in [0.3, 0.4) is 0 Å². The standard InChI is InChI=1S/C23H26BClFNO5/c1-22(2)23(3,4)32-24(31-22)17(10-16-11-18(25)12-19(26)20(16)28)13-27-21(29)30-14-15-8-6-5-7-9-15/h5-12,28H,13-14H2,1-4H3,(H,27,29). The maximum atomic E-state index is 14.0. The average molecular weight is 462 g/mol. The first-order valence-corrected chi connectivity index (χ1v) is 10.5. The van der Waals surface area contributed by atoms with Gasteiger partial charge in [-0.3, -0.25) is 0 Å². The molecule has 0 spiro atoms. The fourth-order valence-corrected chi connectivity index (χ4v) is 3.25. The molecule has 0 unspecified atom stereocenters. The Morgan fingerprint density at radius 2 is 1.81 bits per heavy atom. The van der Waals surface area contributed by atoms with Crippen molar-refractivity contribution in [3.8, 4) is 5.75 Å². The van der Waals surface area contributed by atoms with Crippen molar-refractivity contribution < 1.29 is 28.3 Å². The maximum Gasteiger partial charge on any atom is 0.492 e. The van der Waals surface area contributed by atoms with Crippen LogP contribution in [0.25, 0.3) is 6.08 Å². The molecule has 32 heavy (non-hydrogen) atoms. The summed E-state index contributed by atoms with van der Waals surface area (Å²) in [7, 11) is -0.837. The van der Waals surface area contributed by atoms with Crippen molar-refractivity contribution in [2.24, 2.45) is 0 Å². The van der Waals surface area contributed by atoms with Crippen molar-refractivity contribution >= 4 is 30.9 Å². The largest absolute Gasteiger partial charge is 0.504 e. The first-order chi connectivity index (χ1) is 15.0. The van der Waals surface area contributed by atoms with Crippen molar-refractivity contribution in [1.82, 2.24) is 5.32 Å². The quantitative estimate of drug-likeness (QED) is 0.584. The average Bonchev–Trinajstić information content (AvgIpc) is 2.94. The van der Waals surface area contributed by atoms with Crippen LogP contribution in [0.1, 0.15) is 38.8 Å². The van der Waals surface area contributed by atoms with Crippen LogP contribution in [-0.2, 0) is 20.7 Å². The van der Waals surface area contributed by atoms with Gasteiger partial charge >= 0.3 is 13.2 Å². The highest BCUT2D eigenvalue weighted by Crippen LogP contribution is 2.39. The van der Waals surface area contributed by atoms with Gasteiger partial charge in [-0.1, -0.05) is 48.0 Å². The van der Waals surface area contributed by atoms with Gasteiger partial charge < -0.3 is 24.5 Å². The number of ether oxygens (including phenoxy) is 1. The molecule has 1 fully saturated rings. The number of phenolic OH excluding ortho intramolecular Hbond substituents is 1. The Bertz CT molecular complexity index is 997. The lowest BCUT2D eigenvalue weighted by Crippen LogP contribution is -2.41. The van der Waals surface area contributed by atoms with Crippen LogP contribution in [0.4, 0.5) is 9.18 Å². The fraction of sp³-hybridized carbons (Fsp3) is 0.348. The van der Waals surface area contributed by atoms with Gasteiger partial charge in [0.05, 0.1) is 11.2 Å². The third kappa shape index (κ3) is 5.62. The maximum absolute atomic E-state index is 14.0. The van der Waals surface area contributed by atoms with Crippen LogP contribution in [0.15, 0.2) is 47.9 Å². The van der Waals surface area contributed by atoms with Gasteiger partial charge in [0, 0.05) is 17.1 Å². The van der Waals surface area contributed by atoms with Gasteiger partial charge in [-0.05, 0) is 50.9 Å². The van der Waals surface area contributed by atoms with Crippen LogP contribution in [0, 0.1) is 5.82 Å². The number of nitrogens with one attached hydrogen (secondary N) is 1. The van der Waals surface area contributed by atoms with E-state index in [0.717, 1.165) is 11.6 Å². The van der Waals surface area contributed by atoms with Gasteiger partial charge in [0.15, 0.2) is 11.6 Å². The smallest absolute Gasteiger partial charge is 0.492 e. The van der Waals surface area contributed by atoms with Gasteiger partial charge in [0.1, 0.15) is 6.61 Å². The van der Waals surface area contributed by atoms with Crippen LogP contribution in [0.5, 0.6) is 5.75 Å². The molecule has 2 aromatic rings. The van der Waals surface area contributed by atoms with Crippen LogP contribution in [-0.4, -0.2) is 36.1 Å². The zero-order valence-corrected chi connectivity index (χ0v) is 19.2. The van der Waals surface area contributed by atoms with E-state index in [-0.39, 0.29) is 23.7 Å². The Hall–Kier alpha value is -2.55. The number of amides is 1. The molecule has 0 aliphatic carbocycles. The van der Waals surface area contributed by atoms with E-state index in [2.05, 4.69) is 5.32 Å². The lowest BCUT2D eigenvalue weighted by atomic mass is 9.77. The second kappa shape index (κ2) is 9.52. The lowest BCUT2D eigenvalue weighted by Gasteiger charge is -2.32. The predicted octanol–water partition coefficient (Wildman–Crippen LogP) is 5.13. The van der Waals surface area contributed by atoms with E-state index < -0.39 is 36.0 Å². The topological polar surface area (TPSA) is 77.0 Å². The number of carbonyl (C=O) groups is 1. The number of hydrogen-bond acceptors (Lipinski definition) is 5. The van der Waals surface area contributed by atoms with Crippen molar-refractivity contribution in [1.29, 1.82) is 0 Å². The number of benzene rings is 2. The van der Waals surface area contributed by atoms with E-state index >= 15 is 0 Å². The first-order valence-electron chi connectivity index (χ1n) is 10.2. The highest BCUT2D eigenvalue weighted by molar-refractivity contribution is 6.56. The third-order valence-corrected chi connectivity index (χ3v) is 5.82. The summed E-state index contributed by atoms with van der Waals surface area (Å²) in [5.74, 6) is -1.41. The SMILES string of the molecule is CC1(C)OB(C(=Cc2cc(Cl)cc(F)c2O)CNC(=O)OCc2ccccc2)OC1(C)C. The van der Waals surface area contributed by atoms with E-state index in [1.807, 2.05) is 58.0 Å². The summed E-state index contributed by atoms with van der Waals surface area (Å²) >= 11 is 5.95. The molecule has 2 N–H and O–H groups in total. The van der Waals surface area contributed by atoms with Crippen LogP contribution >= 0.6 is 11.6 Å². The summed E-state index contributed by atoms with van der Waals surface area (Å²) in [6, 6.07) is 11.7. The molecule has 1 amide bonds. The summed E-state index contributed by atoms with van der Waals surface area (Å²) in [6.07, 6.45) is 0.849. The molecule has 0 atom stereocenters. The van der Waals surface area contributed by atoms with Crippen molar-refractivity contribution in [3.63, 3.8) is 0 Å². The predicted molar refractivity (Wildman–Crippen MR) is 122 cm³/mol. The molecule has 1 aliphatic heterocycles. The summed E-state index contributed by atoms with van der Waals surface area (Å²) in [5.41, 5.74) is 0.179. The van der Waals surface area contributed by atoms with Gasteiger partial charge in [0.2, 0.25) is 0 Å². The Balaban J connectivity index is 1.79. The number of hydrogen-bond donors (Lipinski definition) is 2. The molecular weight excluding hydrogens is 436 g/mol. The summed E-state index contributed by atoms with van der Waals surface area (Å²) in [6.45, 7) is 7.66. The molecule has 0 radical (unpaired) electrons. The minimum Gasteiger partial charge on any atom is -0.504 e. The Labute approximate surface area is 192 Å². The highest BCUT2D eigenvalue weighted by Gasteiger charge is 2.52. The Kier molecular flexibility index (Phi) is 7.17. The fourth-order valence-electron chi connectivity index (χ4n) is 3.04. The molecule has 6 nitrogen and oxygen atoms in total. The molecule has 1 heterocycles. The van der Waals surface area contributed by atoms with E-state index in [1.165, 1.54) is 12.1 Å². The van der Waals surface area contributed by atoms with E-state index in [4.69, 9.17) is 25.6 Å². The molecule has 0 aromatic heterocycles. The molecule has 0 saturated carbocycles. The second-order valence-corrected chi connectivity index (χ2v) is 8.98. The molecule has 0 bridgehead atoms. The minimum absolute atomic E-state index is 0.0159. The second-order valence-electron chi connectivity index (χ2n) is 8.55. The number of halogens is 2. The number of rotatable bonds is 6. The van der Waals surface area contributed by atoms with Crippen molar-refractivity contribution in [2.75, 3.05) is 6.54 Å². The van der Waals surface area contributed by atoms with Gasteiger partial charge in [-0.25, -0.2) is 9.18 Å². The molecular formula is C23H26BClFNO5. The lowest BCUT2D eigenvalue weighted by molar-refractivity contribution is 0.00578. The third-order valence-electron chi connectivity index (χ3n) is 5.60. The number of carbonyl (C=O) groups excluding carboxylic acids is 1. The highest BCUT2D eigenvalue weighted by atomic mass is 35.5. The van der Waals surface area contributed by atoms with Crippen LogP contribution < -0.4 is 5.32 Å². The normalized spacial score (nSPS) is 17.3. The Morgan fingerprint density at radius 1 is 1.19 bits per heavy atom. The minimum atomic E-state index is -0.854. The zero-order valence-electron chi connectivity index (χ0n) is 18.4. The summed E-state index contributed by atoms with van der Waals surface area (Å²) in [5, 5.41) is 12.9. The summed E-state index contributed by atoms with van der Waals surface area (Å²) in [4.78, 5) is 12.2. The van der Waals surface area contributed by atoms with E-state index in [0.29, 0.717) is 5.47 Å². The first kappa shape index (κ1) is 24.1. The monoisotopic (exact) mass is 461 g/mol. The van der Waals surface area contributed by atoms with E-state index in [9.17, 15) is 14.3 Å². The molecule has 1 saturated heterocycles. The van der Waals surface area contributed by atoms with Crippen molar-refractivity contribution in [3.05, 3.63) is 69.9 Å². The molecule has 170 valence electrons. The number of alkyl carbamates (subject to hydrolysis) is 1.